The minimum atomic E-state index is 0.609. The highest BCUT2D eigenvalue weighted by atomic mass is 32.1. The van der Waals surface area contributed by atoms with E-state index in [1.165, 1.54) is 0 Å². The first-order valence-corrected chi connectivity index (χ1v) is 5.46. The molecule has 0 saturated carbocycles. The number of aryl methyl sites for hydroxylation is 1. The smallest absolute Gasteiger partial charge is 0.174 e. The first kappa shape index (κ1) is 11.2. The molecule has 14 heavy (non-hydrogen) atoms. The summed E-state index contributed by atoms with van der Waals surface area (Å²) in [6, 6.07) is 0. The van der Waals surface area contributed by atoms with Crippen LogP contribution in [0.1, 0.15) is 25.6 Å². The average Bonchev–Trinajstić information content (AvgIpc) is 2.65. The summed E-state index contributed by atoms with van der Waals surface area (Å²) in [5.41, 5.74) is 0. The van der Waals surface area contributed by atoms with Gasteiger partial charge in [0.2, 0.25) is 0 Å². The third-order valence-corrected chi connectivity index (χ3v) is 2.23. The van der Waals surface area contributed by atoms with Crippen LogP contribution in [0.4, 0.5) is 0 Å². The van der Waals surface area contributed by atoms with Gasteiger partial charge in [0, 0.05) is 6.42 Å². The molecule has 1 heterocycles. The third-order valence-electron chi connectivity index (χ3n) is 1.97. The number of thiol groups is 1. The van der Waals surface area contributed by atoms with Gasteiger partial charge in [-0.25, -0.2) is 0 Å². The first-order chi connectivity index (χ1) is 6.83. The number of rotatable bonds is 6. The van der Waals surface area contributed by atoms with Gasteiger partial charge in [-0.05, 0) is 24.5 Å². The van der Waals surface area contributed by atoms with E-state index in [0.717, 1.165) is 30.8 Å². The summed E-state index contributed by atoms with van der Waals surface area (Å²) in [7, 11) is 0. The molecule has 5 heteroatoms. The maximum absolute atomic E-state index is 4.19. The topological polar surface area (TPSA) is 54.5 Å². The predicted molar refractivity (Wildman–Crippen MR) is 59.3 cm³/mol. The summed E-state index contributed by atoms with van der Waals surface area (Å²) in [6.45, 7) is 2.20. The van der Waals surface area contributed by atoms with E-state index >= 15 is 0 Å². The highest BCUT2D eigenvalue weighted by Gasteiger charge is 1.96. The number of nitrogens with zero attached hydrogens (tertiary/aromatic N) is 3. The number of H-pyrrole nitrogens is 1. The summed E-state index contributed by atoms with van der Waals surface area (Å²) in [4.78, 5) is 0. The number of allylic oxidation sites excluding steroid dienone is 2. The molecule has 0 aliphatic carbocycles. The fraction of sp³-hybridized carbons (Fsp3) is 0.667. The van der Waals surface area contributed by atoms with Gasteiger partial charge in [0.15, 0.2) is 5.82 Å². The molecule has 4 nitrogen and oxygen atoms in total. The molecule has 0 aliphatic rings. The second-order valence-corrected chi connectivity index (χ2v) is 3.73. The summed E-state index contributed by atoms with van der Waals surface area (Å²) in [6.07, 6.45) is 7.33. The van der Waals surface area contributed by atoms with E-state index in [1.807, 2.05) is 0 Å². The van der Waals surface area contributed by atoms with Gasteiger partial charge < -0.3 is 0 Å². The molecule has 0 bridgehead atoms. The Morgan fingerprint density at radius 3 is 3.07 bits per heavy atom. The van der Waals surface area contributed by atoms with E-state index in [-0.39, 0.29) is 0 Å². The van der Waals surface area contributed by atoms with Crippen molar-refractivity contribution in [2.24, 2.45) is 5.92 Å². The normalized spacial score (nSPS) is 13.6. The van der Waals surface area contributed by atoms with E-state index in [4.69, 9.17) is 0 Å². The number of aromatic nitrogens is 4. The van der Waals surface area contributed by atoms with Crippen molar-refractivity contribution in [3.05, 3.63) is 18.0 Å². The molecule has 0 spiro atoms. The number of tetrazole rings is 1. The SMILES string of the molecule is CC(C=CCCc1nn[nH]n1)CCS. The van der Waals surface area contributed by atoms with Crippen LogP contribution in [0.15, 0.2) is 12.2 Å². The van der Waals surface area contributed by atoms with Crippen molar-refractivity contribution < 1.29 is 0 Å². The average molecular weight is 212 g/mol. The van der Waals surface area contributed by atoms with Crippen LogP contribution < -0.4 is 0 Å². The van der Waals surface area contributed by atoms with Crippen molar-refractivity contribution in [1.82, 2.24) is 20.6 Å². The molecule has 1 atom stereocenters. The zero-order valence-electron chi connectivity index (χ0n) is 8.35. The molecule has 0 amide bonds. The van der Waals surface area contributed by atoms with E-state index in [9.17, 15) is 0 Å². The van der Waals surface area contributed by atoms with Crippen molar-refractivity contribution in [2.75, 3.05) is 5.75 Å². The third kappa shape index (κ3) is 4.41. The van der Waals surface area contributed by atoms with Crippen LogP contribution in [0.5, 0.6) is 0 Å². The van der Waals surface area contributed by atoms with E-state index in [2.05, 4.69) is 52.3 Å². The fourth-order valence-corrected chi connectivity index (χ4v) is 1.54. The van der Waals surface area contributed by atoms with Crippen LogP contribution in [0, 0.1) is 5.92 Å². The maximum atomic E-state index is 4.19. The number of aromatic amines is 1. The Bertz CT molecular complexity index is 258. The molecule has 0 fully saturated rings. The van der Waals surface area contributed by atoms with Crippen LogP contribution >= 0.6 is 12.6 Å². The van der Waals surface area contributed by atoms with E-state index < -0.39 is 0 Å². The van der Waals surface area contributed by atoms with Gasteiger partial charge in [0.25, 0.3) is 0 Å². The number of hydrogen-bond donors (Lipinski definition) is 2. The van der Waals surface area contributed by atoms with Crippen molar-refractivity contribution in [3.63, 3.8) is 0 Å². The van der Waals surface area contributed by atoms with Gasteiger partial charge >= 0.3 is 0 Å². The van der Waals surface area contributed by atoms with Crippen LogP contribution in [0.2, 0.25) is 0 Å². The Balaban J connectivity index is 2.14. The van der Waals surface area contributed by atoms with Crippen molar-refractivity contribution >= 4 is 12.6 Å². The summed E-state index contributed by atoms with van der Waals surface area (Å²) in [5.74, 6) is 2.32. The molecule has 1 rings (SSSR count). The van der Waals surface area contributed by atoms with Crippen LogP contribution in [-0.4, -0.2) is 26.4 Å². The molecule has 0 aromatic carbocycles. The lowest BCUT2D eigenvalue weighted by atomic mass is 10.1. The predicted octanol–water partition coefficient (Wildman–Crippen LogP) is 1.64. The van der Waals surface area contributed by atoms with Crippen LogP contribution in [0.25, 0.3) is 0 Å². The minimum Gasteiger partial charge on any atom is -0.179 e. The fourth-order valence-electron chi connectivity index (χ4n) is 1.13. The van der Waals surface area contributed by atoms with Gasteiger partial charge in [-0.2, -0.15) is 17.8 Å². The van der Waals surface area contributed by atoms with Gasteiger partial charge in [0.1, 0.15) is 0 Å². The van der Waals surface area contributed by atoms with Crippen molar-refractivity contribution in [3.8, 4) is 0 Å². The monoisotopic (exact) mass is 212 g/mol. The standard InChI is InChI=1S/C9H16N4S/c1-8(6-7-14)4-2-3-5-9-10-12-13-11-9/h2,4,8,14H,3,5-7H2,1H3,(H,10,11,12,13). The summed E-state index contributed by atoms with van der Waals surface area (Å²) >= 11 is 4.19. The summed E-state index contributed by atoms with van der Waals surface area (Å²) < 4.78 is 0. The Morgan fingerprint density at radius 2 is 2.43 bits per heavy atom. The zero-order valence-corrected chi connectivity index (χ0v) is 9.24. The lowest BCUT2D eigenvalue weighted by Gasteiger charge is -2.01. The Hall–Kier alpha value is -0.840. The van der Waals surface area contributed by atoms with Crippen LogP contribution in [0.3, 0.4) is 0 Å². The molecule has 1 unspecified atom stereocenters. The molecular weight excluding hydrogens is 196 g/mol. The second kappa shape index (κ2) is 6.59. The lowest BCUT2D eigenvalue weighted by molar-refractivity contribution is 0.702. The Labute approximate surface area is 89.6 Å². The second-order valence-electron chi connectivity index (χ2n) is 3.28. The summed E-state index contributed by atoms with van der Waals surface area (Å²) in [5, 5.41) is 13.7. The molecule has 1 N–H and O–H groups in total. The highest BCUT2D eigenvalue weighted by Crippen LogP contribution is 2.05. The molecular formula is C9H16N4S. The first-order valence-electron chi connectivity index (χ1n) is 4.82. The Kier molecular flexibility index (Phi) is 5.29. The zero-order chi connectivity index (χ0) is 10.2. The maximum Gasteiger partial charge on any atom is 0.174 e. The number of nitrogens with one attached hydrogen (secondary N) is 1. The number of hydrogen-bond acceptors (Lipinski definition) is 4. The Morgan fingerprint density at radius 1 is 1.57 bits per heavy atom. The van der Waals surface area contributed by atoms with E-state index in [1.54, 1.807) is 0 Å². The van der Waals surface area contributed by atoms with Crippen molar-refractivity contribution in [2.45, 2.75) is 26.2 Å². The molecule has 78 valence electrons. The highest BCUT2D eigenvalue weighted by molar-refractivity contribution is 7.80. The largest absolute Gasteiger partial charge is 0.179 e. The van der Waals surface area contributed by atoms with Crippen molar-refractivity contribution in [1.29, 1.82) is 0 Å². The van der Waals surface area contributed by atoms with Gasteiger partial charge in [0.05, 0.1) is 0 Å². The van der Waals surface area contributed by atoms with E-state index in [0.29, 0.717) is 5.92 Å². The van der Waals surface area contributed by atoms with Gasteiger partial charge in [-0.3, -0.25) is 0 Å². The lowest BCUT2D eigenvalue weighted by Crippen LogP contribution is -1.91. The van der Waals surface area contributed by atoms with Crippen LogP contribution in [-0.2, 0) is 6.42 Å². The molecule has 1 aromatic heterocycles. The molecule has 1 aromatic rings. The molecule has 0 aliphatic heterocycles. The van der Waals surface area contributed by atoms with Gasteiger partial charge in [-0.15, -0.1) is 10.2 Å². The molecule has 0 radical (unpaired) electrons. The van der Waals surface area contributed by atoms with Gasteiger partial charge in [-0.1, -0.05) is 24.3 Å². The molecule has 0 saturated heterocycles. The quantitative estimate of drug-likeness (QED) is 0.557. The minimum absolute atomic E-state index is 0.609.